The quantitative estimate of drug-likeness (QED) is 0.451. The van der Waals surface area contributed by atoms with E-state index in [1.807, 2.05) is 18.8 Å². The molecule has 1 aromatic carbocycles. The van der Waals surface area contributed by atoms with Gasteiger partial charge in [-0.3, -0.25) is 4.99 Å². The van der Waals surface area contributed by atoms with E-state index in [-0.39, 0.29) is 0 Å². The van der Waals surface area contributed by atoms with E-state index in [1.54, 1.807) is 11.3 Å². The third-order valence-electron chi connectivity index (χ3n) is 4.52. The van der Waals surface area contributed by atoms with E-state index in [0.717, 1.165) is 31.3 Å². The highest BCUT2D eigenvalue weighted by molar-refractivity contribution is 7.99. The first-order valence-corrected chi connectivity index (χ1v) is 11.1. The molecule has 2 heterocycles. The summed E-state index contributed by atoms with van der Waals surface area (Å²) in [5.74, 6) is 3.37. The highest BCUT2D eigenvalue weighted by Gasteiger charge is 2.25. The van der Waals surface area contributed by atoms with Crippen LogP contribution in [0.15, 0.2) is 45.6 Å². The van der Waals surface area contributed by atoms with Gasteiger partial charge in [-0.2, -0.15) is 0 Å². The van der Waals surface area contributed by atoms with Gasteiger partial charge in [0.1, 0.15) is 0 Å². The number of nitrogens with one attached hydrogen (secondary N) is 1. The molecule has 2 aromatic rings. The second kappa shape index (κ2) is 9.42. The molecule has 0 amide bonds. The first-order valence-electron chi connectivity index (χ1n) is 9.23. The van der Waals surface area contributed by atoms with Crippen molar-refractivity contribution in [3.63, 3.8) is 0 Å². The number of nitrogens with zero attached hydrogens (tertiary/aromatic N) is 3. The largest absolute Gasteiger partial charge is 0.351 e. The van der Waals surface area contributed by atoms with Crippen molar-refractivity contribution in [3.05, 3.63) is 46.4 Å². The maximum Gasteiger partial charge on any atom is 0.193 e. The number of aliphatic imine (C=N–C) groups is 1. The van der Waals surface area contributed by atoms with Crippen LogP contribution in [0.5, 0.6) is 0 Å². The highest BCUT2D eigenvalue weighted by atomic mass is 32.2. The predicted molar refractivity (Wildman–Crippen MR) is 113 cm³/mol. The number of likely N-dealkylation sites (tertiary alicyclic amines) is 1. The molecule has 0 bridgehead atoms. The van der Waals surface area contributed by atoms with Gasteiger partial charge in [0.2, 0.25) is 0 Å². The monoisotopic (exact) mass is 388 g/mol. The Morgan fingerprint density at radius 3 is 2.88 bits per heavy atom. The van der Waals surface area contributed by atoms with Crippen molar-refractivity contribution in [1.82, 2.24) is 15.2 Å². The van der Waals surface area contributed by atoms with E-state index in [2.05, 4.69) is 64.8 Å². The molecule has 4 nitrogen and oxygen atoms in total. The van der Waals surface area contributed by atoms with E-state index >= 15 is 0 Å². The summed E-state index contributed by atoms with van der Waals surface area (Å²) in [5, 5.41) is 6.84. The molecule has 3 rings (SSSR count). The molecule has 0 aliphatic carbocycles. The zero-order valence-corrected chi connectivity index (χ0v) is 17.4. The Kier molecular flexibility index (Phi) is 6.97. The lowest BCUT2D eigenvalue weighted by Crippen LogP contribution is -2.39. The van der Waals surface area contributed by atoms with Gasteiger partial charge in [0, 0.05) is 42.1 Å². The second-order valence-corrected chi connectivity index (χ2v) is 8.94. The van der Waals surface area contributed by atoms with Gasteiger partial charge in [0.25, 0.3) is 0 Å². The number of hydrogen-bond acceptors (Lipinski definition) is 4. The number of rotatable bonds is 6. The lowest BCUT2D eigenvalue weighted by atomic mass is 10.2. The number of benzene rings is 1. The van der Waals surface area contributed by atoms with Crippen LogP contribution in [-0.2, 0) is 6.54 Å². The Balaban J connectivity index is 1.46. The highest BCUT2D eigenvalue weighted by Crippen LogP contribution is 2.26. The summed E-state index contributed by atoms with van der Waals surface area (Å²) < 4.78 is 0. The van der Waals surface area contributed by atoms with Gasteiger partial charge < -0.3 is 10.2 Å². The Labute approximate surface area is 165 Å². The minimum absolute atomic E-state index is 0.495. The van der Waals surface area contributed by atoms with Crippen LogP contribution in [-0.4, -0.2) is 41.7 Å². The summed E-state index contributed by atoms with van der Waals surface area (Å²) in [6.07, 6.45) is 1.23. The van der Waals surface area contributed by atoms with Crippen LogP contribution >= 0.6 is 23.1 Å². The van der Waals surface area contributed by atoms with Gasteiger partial charge in [-0.05, 0) is 24.5 Å². The predicted octanol–water partition coefficient (Wildman–Crippen LogP) is 4.46. The Morgan fingerprint density at radius 2 is 2.19 bits per heavy atom. The normalized spacial score (nSPS) is 17.9. The Hall–Kier alpha value is -1.53. The SMILES string of the molecule is CN=C(NCc1csc(C(C)C)n1)N1CCC(CSc2ccccc2)C1. The molecule has 0 spiro atoms. The average Bonchev–Trinajstić information content (AvgIpc) is 3.31. The van der Waals surface area contributed by atoms with Crippen LogP contribution in [0.3, 0.4) is 0 Å². The van der Waals surface area contributed by atoms with Crippen molar-refractivity contribution >= 4 is 29.1 Å². The van der Waals surface area contributed by atoms with E-state index in [0.29, 0.717) is 11.8 Å². The van der Waals surface area contributed by atoms with Gasteiger partial charge >= 0.3 is 0 Å². The molecular weight excluding hydrogens is 360 g/mol. The molecule has 140 valence electrons. The van der Waals surface area contributed by atoms with Gasteiger partial charge in [0.15, 0.2) is 5.96 Å². The molecule has 0 radical (unpaired) electrons. The lowest BCUT2D eigenvalue weighted by Gasteiger charge is -2.21. The third-order valence-corrected chi connectivity index (χ3v) is 6.95. The molecule has 1 aliphatic heterocycles. The minimum atomic E-state index is 0.495. The fraction of sp³-hybridized carbons (Fsp3) is 0.500. The van der Waals surface area contributed by atoms with Gasteiger partial charge in [0.05, 0.1) is 17.2 Å². The molecule has 1 aromatic heterocycles. The summed E-state index contributed by atoms with van der Waals surface area (Å²) in [7, 11) is 1.87. The molecule has 6 heteroatoms. The average molecular weight is 389 g/mol. The summed E-state index contributed by atoms with van der Waals surface area (Å²) in [6, 6.07) is 10.7. The topological polar surface area (TPSA) is 40.5 Å². The van der Waals surface area contributed by atoms with Crippen molar-refractivity contribution < 1.29 is 0 Å². The van der Waals surface area contributed by atoms with Crippen molar-refractivity contribution in [1.29, 1.82) is 0 Å². The zero-order valence-electron chi connectivity index (χ0n) is 15.8. The molecule has 1 N–H and O–H groups in total. The molecule has 1 aliphatic rings. The fourth-order valence-corrected chi connectivity index (χ4v) is 4.95. The van der Waals surface area contributed by atoms with Crippen LogP contribution in [0.25, 0.3) is 0 Å². The van der Waals surface area contributed by atoms with Crippen LogP contribution < -0.4 is 5.32 Å². The number of thiazole rings is 1. The van der Waals surface area contributed by atoms with E-state index in [1.165, 1.54) is 22.1 Å². The van der Waals surface area contributed by atoms with Gasteiger partial charge in [-0.15, -0.1) is 23.1 Å². The fourth-order valence-electron chi connectivity index (χ4n) is 3.06. The van der Waals surface area contributed by atoms with Crippen molar-refractivity contribution in [3.8, 4) is 0 Å². The molecular formula is C20H28N4S2. The van der Waals surface area contributed by atoms with Crippen molar-refractivity contribution in [2.75, 3.05) is 25.9 Å². The first-order chi connectivity index (χ1) is 12.7. The number of thioether (sulfide) groups is 1. The summed E-state index contributed by atoms with van der Waals surface area (Å²) in [6.45, 7) is 7.28. The Morgan fingerprint density at radius 1 is 1.38 bits per heavy atom. The summed E-state index contributed by atoms with van der Waals surface area (Å²) >= 11 is 3.71. The molecule has 26 heavy (non-hydrogen) atoms. The molecule has 1 unspecified atom stereocenters. The van der Waals surface area contributed by atoms with Crippen LogP contribution in [0.4, 0.5) is 0 Å². The molecule has 0 saturated carbocycles. The van der Waals surface area contributed by atoms with Crippen LogP contribution in [0.1, 0.15) is 36.9 Å². The molecule has 1 atom stereocenters. The van der Waals surface area contributed by atoms with Crippen LogP contribution in [0, 0.1) is 5.92 Å². The van der Waals surface area contributed by atoms with Gasteiger partial charge in [-0.25, -0.2) is 4.98 Å². The first kappa shape index (κ1) is 19.2. The minimum Gasteiger partial charge on any atom is -0.351 e. The van der Waals surface area contributed by atoms with E-state index in [4.69, 9.17) is 4.98 Å². The molecule has 1 fully saturated rings. The zero-order chi connectivity index (χ0) is 18.4. The third kappa shape index (κ3) is 5.24. The van der Waals surface area contributed by atoms with E-state index in [9.17, 15) is 0 Å². The van der Waals surface area contributed by atoms with Crippen molar-refractivity contribution in [2.24, 2.45) is 10.9 Å². The standard InChI is InChI=1S/C20H28N4S2/c1-15(2)19-23-17(14-26-19)11-22-20(21-3)24-10-9-16(12-24)13-25-18-7-5-4-6-8-18/h4-8,14-16H,9-13H2,1-3H3,(H,21,22). The Bertz CT molecular complexity index is 712. The van der Waals surface area contributed by atoms with Gasteiger partial charge in [-0.1, -0.05) is 32.0 Å². The number of aromatic nitrogens is 1. The maximum atomic E-state index is 4.70. The van der Waals surface area contributed by atoms with Crippen molar-refractivity contribution in [2.45, 2.75) is 37.6 Å². The summed E-state index contributed by atoms with van der Waals surface area (Å²) in [5.41, 5.74) is 1.11. The van der Waals surface area contributed by atoms with E-state index < -0.39 is 0 Å². The smallest absolute Gasteiger partial charge is 0.193 e. The lowest BCUT2D eigenvalue weighted by molar-refractivity contribution is 0.474. The maximum absolute atomic E-state index is 4.70. The number of guanidine groups is 1. The van der Waals surface area contributed by atoms with Crippen LogP contribution in [0.2, 0.25) is 0 Å². The molecule has 1 saturated heterocycles. The number of hydrogen-bond donors (Lipinski definition) is 1. The second-order valence-electron chi connectivity index (χ2n) is 6.96. The summed E-state index contributed by atoms with van der Waals surface area (Å²) in [4.78, 5) is 12.9.